The van der Waals surface area contributed by atoms with Gasteiger partial charge in [0.05, 0.1) is 12.2 Å². The molecule has 2 aromatic carbocycles. The highest BCUT2D eigenvalue weighted by Crippen LogP contribution is 2.59. The lowest BCUT2D eigenvalue weighted by atomic mass is 9.72. The van der Waals surface area contributed by atoms with Gasteiger partial charge in [-0.2, -0.15) is 0 Å². The highest BCUT2D eigenvalue weighted by Gasteiger charge is 2.60. The number of aryl methyl sites for hydroxylation is 1. The number of aldehydes is 1. The molecule has 2 aliphatic rings. The number of aromatic nitrogens is 2. The summed E-state index contributed by atoms with van der Waals surface area (Å²) in [6.07, 6.45) is 4.67. The maximum absolute atomic E-state index is 11.1. The zero-order chi connectivity index (χ0) is 24.9. The fraction of sp³-hybridized carbons (Fsp3) is 0.321. The van der Waals surface area contributed by atoms with Gasteiger partial charge < -0.3 is 29.0 Å². The number of oxazole rings is 2. The minimum Gasteiger partial charge on any atom is -0.469 e. The first-order valence-corrected chi connectivity index (χ1v) is 12.2. The van der Waals surface area contributed by atoms with Crippen molar-refractivity contribution in [2.45, 2.75) is 44.4 Å². The monoisotopic (exact) mass is 484 g/mol. The average molecular weight is 485 g/mol. The first-order chi connectivity index (χ1) is 17.6. The summed E-state index contributed by atoms with van der Waals surface area (Å²) in [5.74, 6) is 2.77. The average Bonchev–Trinajstić information content (AvgIpc) is 3.65. The molecule has 0 aliphatic carbocycles. The predicted molar refractivity (Wildman–Crippen MR) is 134 cm³/mol. The van der Waals surface area contributed by atoms with E-state index in [0.29, 0.717) is 35.9 Å². The van der Waals surface area contributed by atoms with Crippen molar-refractivity contribution in [1.82, 2.24) is 15.3 Å². The van der Waals surface area contributed by atoms with Crippen LogP contribution in [0.4, 0.5) is 5.69 Å². The second-order valence-electron chi connectivity index (χ2n) is 9.64. The third-order valence-electron chi connectivity index (χ3n) is 7.21. The molecule has 184 valence electrons. The number of rotatable bonds is 8. The number of nitrogens with zero attached hydrogens (tertiary/aromatic N) is 2. The van der Waals surface area contributed by atoms with E-state index >= 15 is 0 Å². The quantitative estimate of drug-likeness (QED) is 0.342. The number of nitrogens with one attached hydrogen (secondary N) is 2. The van der Waals surface area contributed by atoms with Gasteiger partial charge in [-0.15, -0.1) is 0 Å². The van der Waals surface area contributed by atoms with E-state index in [2.05, 4.69) is 41.6 Å². The van der Waals surface area contributed by atoms with Crippen molar-refractivity contribution in [3.63, 3.8) is 0 Å². The smallest absolute Gasteiger partial charge is 0.212 e. The topological polar surface area (TPSA) is 102 Å². The van der Waals surface area contributed by atoms with Gasteiger partial charge in [-0.3, -0.25) is 0 Å². The molecule has 0 spiro atoms. The van der Waals surface area contributed by atoms with E-state index in [0.717, 1.165) is 34.4 Å². The van der Waals surface area contributed by atoms with Gasteiger partial charge >= 0.3 is 0 Å². The molecule has 3 atom stereocenters. The summed E-state index contributed by atoms with van der Waals surface area (Å²) >= 11 is 0. The minimum atomic E-state index is -0.814. The normalized spacial score (nSPS) is 20.4. The molecule has 2 aliphatic heterocycles. The lowest BCUT2D eigenvalue weighted by molar-refractivity contribution is -0.107. The number of hydrogen-bond acceptors (Lipinski definition) is 8. The van der Waals surface area contributed by atoms with Crippen LogP contribution in [0, 0.1) is 5.92 Å². The lowest BCUT2D eigenvalue weighted by Crippen LogP contribution is -2.40. The van der Waals surface area contributed by atoms with Crippen molar-refractivity contribution >= 4 is 12.0 Å². The largest absolute Gasteiger partial charge is 0.469 e. The Bertz CT molecular complexity index is 1410. The van der Waals surface area contributed by atoms with Gasteiger partial charge in [-0.25, -0.2) is 9.97 Å². The standard InChI is InChI=1S/C28H28N4O4/c1-16(2)23(29-3)26-32-24(22-14-30-15-34-22)25(36-26)28-18-8-4-5-9-20(18)31-27(28)35-21-11-10-17(7-6-12-33)13-19(21)28/h4-5,8-16,23,27,29,31H,6-7H2,1-3H3/t23?,27?,28-/m0/s1. The summed E-state index contributed by atoms with van der Waals surface area (Å²) < 4.78 is 19.0. The third kappa shape index (κ3) is 3.21. The number of ether oxygens (including phenoxy) is 1. The van der Waals surface area contributed by atoms with Crippen LogP contribution in [0.5, 0.6) is 5.75 Å². The second kappa shape index (κ2) is 8.64. The number of benzene rings is 2. The summed E-state index contributed by atoms with van der Waals surface area (Å²) in [4.78, 5) is 20.2. The number of hydrogen-bond donors (Lipinski definition) is 2. The van der Waals surface area contributed by atoms with Crippen LogP contribution in [-0.4, -0.2) is 29.5 Å². The molecule has 0 fully saturated rings. The van der Waals surface area contributed by atoms with Gasteiger partial charge in [0.2, 0.25) is 5.89 Å². The first kappa shape index (κ1) is 22.5. The Balaban J connectivity index is 1.65. The third-order valence-corrected chi connectivity index (χ3v) is 7.21. The Morgan fingerprint density at radius 1 is 1.19 bits per heavy atom. The van der Waals surface area contributed by atoms with Crippen LogP contribution >= 0.6 is 0 Å². The second-order valence-corrected chi connectivity index (χ2v) is 9.64. The van der Waals surface area contributed by atoms with E-state index in [4.69, 9.17) is 18.6 Å². The highest BCUT2D eigenvalue weighted by molar-refractivity contribution is 5.76. The molecule has 2 aromatic heterocycles. The zero-order valence-electron chi connectivity index (χ0n) is 20.4. The van der Waals surface area contributed by atoms with Crippen molar-refractivity contribution in [2.24, 2.45) is 5.92 Å². The molecule has 4 heterocycles. The fourth-order valence-corrected chi connectivity index (χ4v) is 5.59. The van der Waals surface area contributed by atoms with Crippen LogP contribution in [0.15, 0.2) is 63.9 Å². The molecule has 0 radical (unpaired) electrons. The Morgan fingerprint density at radius 3 is 2.81 bits per heavy atom. The van der Waals surface area contributed by atoms with E-state index in [1.165, 1.54) is 6.39 Å². The van der Waals surface area contributed by atoms with Crippen molar-refractivity contribution in [1.29, 1.82) is 0 Å². The number of fused-ring (bicyclic) bond motifs is 5. The van der Waals surface area contributed by atoms with Crippen LogP contribution in [-0.2, 0) is 16.6 Å². The lowest BCUT2D eigenvalue weighted by Gasteiger charge is -2.27. The van der Waals surface area contributed by atoms with Crippen molar-refractivity contribution in [3.8, 4) is 17.2 Å². The number of carbonyl (C=O) groups is 1. The van der Waals surface area contributed by atoms with Crippen molar-refractivity contribution in [2.75, 3.05) is 12.4 Å². The van der Waals surface area contributed by atoms with Crippen LogP contribution < -0.4 is 15.4 Å². The summed E-state index contributed by atoms with van der Waals surface area (Å²) in [5.41, 5.74) is 3.83. The summed E-state index contributed by atoms with van der Waals surface area (Å²) in [7, 11) is 1.91. The molecule has 0 saturated carbocycles. The zero-order valence-corrected chi connectivity index (χ0v) is 20.4. The molecular formula is C28H28N4O4. The first-order valence-electron chi connectivity index (χ1n) is 12.2. The molecular weight excluding hydrogens is 456 g/mol. The Hall–Kier alpha value is -3.91. The number of para-hydroxylation sites is 1. The molecule has 0 saturated heterocycles. The van der Waals surface area contributed by atoms with E-state index < -0.39 is 11.6 Å². The summed E-state index contributed by atoms with van der Waals surface area (Å²) in [6.45, 7) is 4.25. The molecule has 4 aromatic rings. The van der Waals surface area contributed by atoms with Crippen molar-refractivity contribution in [3.05, 3.63) is 83.4 Å². The molecule has 6 rings (SSSR count). The van der Waals surface area contributed by atoms with Gasteiger partial charge in [0, 0.05) is 17.7 Å². The van der Waals surface area contributed by atoms with Gasteiger partial charge in [0.25, 0.3) is 0 Å². The van der Waals surface area contributed by atoms with Crippen LogP contribution in [0.3, 0.4) is 0 Å². The number of anilines is 1. The highest BCUT2D eigenvalue weighted by atomic mass is 16.5. The molecule has 2 unspecified atom stereocenters. The number of carbonyl (C=O) groups excluding carboxylic acids is 1. The molecule has 8 heteroatoms. The van der Waals surface area contributed by atoms with Crippen LogP contribution in [0.25, 0.3) is 11.5 Å². The van der Waals surface area contributed by atoms with Gasteiger partial charge in [-0.1, -0.05) is 44.2 Å². The maximum atomic E-state index is 11.1. The van der Waals surface area contributed by atoms with Crippen LogP contribution in [0.1, 0.15) is 54.7 Å². The van der Waals surface area contributed by atoms with E-state index in [-0.39, 0.29) is 12.0 Å². The van der Waals surface area contributed by atoms with Gasteiger partial charge in [0.1, 0.15) is 17.5 Å². The molecule has 0 amide bonds. The minimum absolute atomic E-state index is 0.0967. The molecule has 0 bridgehead atoms. The summed E-state index contributed by atoms with van der Waals surface area (Å²) in [5, 5.41) is 6.90. The Labute approximate surface area is 209 Å². The van der Waals surface area contributed by atoms with E-state index in [1.54, 1.807) is 6.20 Å². The summed E-state index contributed by atoms with van der Waals surface area (Å²) in [6, 6.07) is 14.2. The predicted octanol–water partition coefficient (Wildman–Crippen LogP) is 4.86. The molecule has 8 nitrogen and oxygen atoms in total. The van der Waals surface area contributed by atoms with E-state index in [1.807, 2.05) is 37.4 Å². The molecule has 36 heavy (non-hydrogen) atoms. The maximum Gasteiger partial charge on any atom is 0.212 e. The Kier molecular flexibility index (Phi) is 5.41. The van der Waals surface area contributed by atoms with Crippen molar-refractivity contribution < 1.29 is 18.4 Å². The fourth-order valence-electron chi connectivity index (χ4n) is 5.59. The molecule has 2 N–H and O–H groups in total. The van der Waals surface area contributed by atoms with Crippen LogP contribution in [0.2, 0.25) is 0 Å². The SMILES string of the molecule is CNC(c1nc(-c2cnco2)c([C@@]23c4ccccc4NC2Oc2ccc(CCC=O)cc23)o1)C(C)C. The van der Waals surface area contributed by atoms with E-state index in [9.17, 15) is 4.79 Å². The van der Waals surface area contributed by atoms with Gasteiger partial charge in [-0.05, 0) is 42.6 Å². The Morgan fingerprint density at radius 2 is 2.06 bits per heavy atom. The van der Waals surface area contributed by atoms with Gasteiger partial charge in [0.15, 0.2) is 29.8 Å².